The molecule has 0 spiro atoms. The SMILES string of the molecule is CCc1cccc(C)c1N1C(=O)CSC1=NC(=O)OCC(F)c1ccc(-c2ncn(-c3ccc(OC(F)(F)F)cc3)n2)cc1. The van der Waals surface area contributed by atoms with Crippen molar-refractivity contribution in [2.75, 3.05) is 17.3 Å². The molecular formula is C30H25F4N5O4S. The summed E-state index contributed by atoms with van der Waals surface area (Å²) in [4.78, 5) is 34.7. The van der Waals surface area contributed by atoms with Crippen LogP contribution in [0.25, 0.3) is 17.1 Å². The Bertz CT molecular complexity index is 1690. The minimum Gasteiger partial charge on any atom is -0.444 e. The molecule has 2 heterocycles. The van der Waals surface area contributed by atoms with Crippen molar-refractivity contribution in [1.82, 2.24) is 14.8 Å². The van der Waals surface area contributed by atoms with E-state index in [9.17, 15) is 27.2 Å². The van der Waals surface area contributed by atoms with Crippen LogP contribution in [0.4, 0.5) is 28.0 Å². The molecule has 0 N–H and O–H groups in total. The third-order valence-electron chi connectivity index (χ3n) is 6.59. The van der Waals surface area contributed by atoms with Gasteiger partial charge in [-0.3, -0.25) is 9.69 Å². The van der Waals surface area contributed by atoms with Crippen molar-refractivity contribution in [2.45, 2.75) is 32.8 Å². The molecule has 9 nitrogen and oxygen atoms in total. The number of nitrogens with zero attached hydrogens (tertiary/aromatic N) is 5. The second-order valence-corrected chi connectivity index (χ2v) is 10.5. The number of thioether (sulfide) groups is 1. The Morgan fingerprint density at radius 1 is 1.09 bits per heavy atom. The molecular weight excluding hydrogens is 602 g/mol. The number of aryl methyl sites for hydroxylation is 2. The van der Waals surface area contributed by atoms with Crippen molar-refractivity contribution in [3.63, 3.8) is 0 Å². The Hall–Kier alpha value is -4.72. The molecule has 44 heavy (non-hydrogen) atoms. The van der Waals surface area contributed by atoms with Crippen LogP contribution in [-0.4, -0.2) is 50.7 Å². The lowest BCUT2D eigenvalue weighted by atomic mass is 10.0. The molecule has 0 aliphatic carbocycles. The standard InChI is InChI=1S/C30H25F4N5O4S/c1-3-19-6-4-5-18(2)26(19)39-25(40)16-44-28(39)36-29(41)42-15-24(31)20-7-9-21(10-8-20)27-35-17-38(37-27)22-11-13-23(14-12-22)43-30(32,33)34/h4-14,17,24H,3,15-16H2,1-2H3. The largest absolute Gasteiger partial charge is 0.573 e. The maximum atomic E-state index is 14.9. The third kappa shape index (κ3) is 7.08. The average Bonchev–Trinajstić information content (AvgIpc) is 3.62. The first kappa shape index (κ1) is 30.7. The molecule has 2 amide bonds. The van der Waals surface area contributed by atoms with E-state index in [0.29, 0.717) is 29.2 Å². The van der Waals surface area contributed by atoms with Gasteiger partial charge in [-0.1, -0.05) is 61.2 Å². The number of halogens is 4. The molecule has 1 atom stereocenters. The number of para-hydroxylation sites is 1. The van der Waals surface area contributed by atoms with E-state index in [2.05, 4.69) is 19.8 Å². The van der Waals surface area contributed by atoms with Crippen LogP contribution < -0.4 is 9.64 Å². The van der Waals surface area contributed by atoms with Gasteiger partial charge >= 0.3 is 12.5 Å². The quantitative estimate of drug-likeness (QED) is 0.194. The molecule has 14 heteroatoms. The number of carbonyl (C=O) groups is 2. The van der Waals surface area contributed by atoms with E-state index in [1.54, 1.807) is 12.1 Å². The van der Waals surface area contributed by atoms with Crippen molar-refractivity contribution in [2.24, 2.45) is 4.99 Å². The van der Waals surface area contributed by atoms with E-state index in [0.717, 1.165) is 35.0 Å². The van der Waals surface area contributed by atoms with Crippen LogP contribution in [0.2, 0.25) is 0 Å². The number of anilines is 1. The zero-order valence-corrected chi connectivity index (χ0v) is 24.2. The predicted octanol–water partition coefficient (Wildman–Crippen LogP) is 6.99. The molecule has 1 saturated heterocycles. The summed E-state index contributed by atoms with van der Waals surface area (Å²) in [5, 5.41) is 4.50. The highest BCUT2D eigenvalue weighted by atomic mass is 32.2. The van der Waals surface area contributed by atoms with Crippen molar-refractivity contribution in [3.8, 4) is 22.8 Å². The number of aromatic nitrogens is 3. The summed E-state index contributed by atoms with van der Waals surface area (Å²) < 4.78 is 62.4. The first-order chi connectivity index (χ1) is 21.0. The van der Waals surface area contributed by atoms with E-state index >= 15 is 0 Å². The van der Waals surface area contributed by atoms with Crippen molar-refractivity contribution < 1.29 is 36.6 Å². The van der Waals surface area contributed by atoms with Gasteiger partial charge in [-0.15, -0.1) is 18.3 Å². The highest BCUT2D eigenvalue weighted by molar-refractivity contribution is 8.15. The minimum absolute atomic E-state index is 0.123. The molecule has 3 aromatic carbocycles. The molecule has 1 aromatic heterocycles. The molecule has 4 aromatic rings. The number of carbonyl (C=O) groups excluding carboxylic acids is 2. The molecule has 1 fully saturated rings. The lowest BCUT2D eigenvalue weighted by molar-refractivity contribution is -0.274. The van der Waals surface area contributed by atoms with Crippen LogP contribution in [0.3, 0.4) is 0 Å². The number of rotatable bonds is 8. The van der Waals surface area contributed by atoms with Crippen LogP contribution in [-0.2, 0) is 16.0 Å². The molecule has 1 aliphatic heterocycles. The van der Waals surface area contributed by atoms with Crippen LogP contribution in [0.15, 0.2) is 78.0 Å². The van der Waals surface area contributed by atoms with Crippen LogP contribution in [0.1, 0.15) is 29.8 Å². The molecule has 1 aliphatic rings. The monoisotopic (exact) mass is 627 g/mol. The summed E-state index contributed by atoms with van der Waals surface area (Å²) in [6, 6.07) is 17.0. The van der Waals surface area contributed by atoms with E-state index in [1.165, 1.54) is 40.2 Å². The Morgan fingerprint density at radius 3 is 2.50 bits per heavy atom. The van der Waals surface area contributed by atoms with Gasteiger partial charge in [0.15, 0.2) is 17.2 Å². The van der Waals surface area contributed by atoms with Gasteiger partial charge in [0, 0.05) is 5.56 Å². The number of amides is 2. The Labute approximate surface area is 253 Å². The summed E-state index contributed by atoms with van der Waals surface area (Å²) in [5.74, 6) is -0.143. The van der Waals surface area contributed by atoms with Crippen molar-refractivity contribution in [3.05, 3.63) is 89.7 Å². The van der Waals surface area contributed by atoms with E-state index in [4.69, 9.17) is 4.74 Å². The molecule has 5 rings (SSSR count). The van der Waals surface area contributed by atoms with Crippen LogP contribution >= 0.6 is 11.8 Å². The molecule has 1 unspecified atom stereocenters. The third-order valence-corrected chi connectivity index (χ3v) is 7.51. The zero-order valence-electron chi connectivity index (χ0n) is 23.4. The van der Waals surface area contributed by atoms with Gasteiger partial charge in [0.05, 0.1) is 17.1 Å². The maximum Gasteiger partial charge on any atom is 0.573 e. The number of hydrogen-bond acceptors (Lipinski definition) is 7. The Kier molecular flexibility index (Phi) is 8.99. The summed E-state index contributed by atoms with van der Waals surface area (Å²) >= 11 is 1.11. The van der Waals surface area contributed by atoms with Crippen molar-refractivity contribution in [1.29, 1.82) is 0 Å². The molecule has 228 valence electrons. The minimum atomic E-state index is -4.79. The van der Waals surface area contributed by atoms with Crippen LogP contribution in [0.5, 0.6) is 5.75 Å². The normalized spacial score (nSPS) is 15.1. The highest BCUT2D eigenvalue weighted by Crippen LogP contribution is 2.33. The number of benzene rings is 3. The number of aliphatic imine (C=N–C) groups is 1. The predicted molar refractivity (Wildman–Crippen MR) is 157 cm³/mol. The molecule has 0 saturated carbocycles. The van der Waals surface area contributed by atoms with Gasteiger partial charge in [-0.2, -0.15) is 4.99 Å². The fourth-order valence-corrected chi connectivity index (χ4v) is 5.34. The molecule has 0 bridgehead atoms. The summed E-state index contributed by atoms with van der Waals surface area (Å²) in [6.07, 6.45) is -5.37. The second kappa shape index (κ2) is 12.9. The summed E-state index contributed by atoms with van der Waals surface area (Å²) in [5.41, 5.74) is 3.75. The average molecular weight is 628 g/mol. The fourth-order valence-electron chi connectivity index (χ4n) is 4.50. The van der Waals surface area contributed by atoms with Crippen molar-refractivity contribution >= 4 is 34.6 Å². The lowest BCUT2D eigenvalue weighted by Crippen LogP contribution is -2.31. The smallest absolute Gasteiger partial charge is 0.444 e. The maximum absolute atomic E-state index is 14.9. The van der Waals surface area contributed by atoms with E-state index in [-0.39, 0.29) is 28.1 Å². The summed E-state index contributed by atoms with van der Waals surface area (Å²) in [6.45, 7) is 3.26. The fraction of sp³-hybridized carbons (Fsp3) is 0.233. The number of alkyl halides is 4. The number of hydrogen-bond donors (Lipinski definition) is 0. The summed E-state index contributed by atoms with van der Waals surface area (Å²) in [7, 11) is 0. The first-order valence-electron chi connectivity index (χ1n) is 13.3. The zero-order chi connectivity index (χ0) is 31.4. The van der Waals surface area contributed by atoms with Gasteiger partial charge in [-0.25, -0.2) is 18.9 Å². The second-order valence-electron chi connectivity index (χ2n) is 9.57. The topological polar surface area (TPSA) is 98.9 Å². The van der Waals surface area contributed by atoms with E-state index < -0.39 is 25.2 Å². The van der Waals surface area contributed by atoms with E-state index in [1.807, 2.05) is 32.0 Å². The van der Waals surface area contributed by atoms with Gasteiger partial charge in [0.2, 0.25) is 5.91 Å². The Morgan fingerprint density at radius 2 is 1.82 bits per heavy atom. The van der Waals surface area contributed by atoms with Gasteiger partial charge in [-0.05, 0) is 54.3 Å². The first-order valence-corrected chi connectivity index (χ1v) is 14.3. The number of amidine groups is 1. The number of ether oxygens (including phenoxy) is 2. The molecule has 0 radical (unpaired) electrons. The van der Waals surface area contributed by atoms with Gasteiger partial charge in [0.25, 0.3) is 0 Å². The Balaban J connectivity index is 1.20. The van der Waals surface area contributed by atoms with Gasteiger partial charge in [0.1, 0.15) is 18.7 Å². The van der Waals surface area contributed by atoms with Gasteiger partial charge < -0.3 is 9.47 Å². The lowest BCUT2D eigenvalue weighted by Gasteiger charge is -2.21. The van der Waals surface area contributed by atoms with Crippen LogP contribution in [0, 0.1) is 6.92 Å². The highest BCUT2D eigenvalue weighted by Gasteiger charge is 2.33.